The maximum atomic E-state index is 10.7. The highest BCUT2D eigenvalue weighted by Gasteiger charge is 2.10. The van der Waals surface area contributed by atoms with Crippen molar-refractivity contribution in [2.24, 2.45) is 4.99 Å². The SMILES string of the molecule is CC(/C=C/C=C(\C)N(CCCCCC(=O)O)c1ccccc1C)=NCCCCCC(=O)O. The van der Waals surface area contributed by atoms with Crippen molar-refractivity contribution in [3.05, 3.63) is 53.8 Å². The molecule has 2 N–H and O–H groups in total. The molecule has 0 aliphatic carbocycles. The van der Waals surface area contributed by atoms with Gasteiger partial charge in [0.15, 0.2) is 0 Å². The Morgan fingerprint density at radius 2 is 1.56 bits per heavy atom. The summed E-state index contributed by atoms with van der Waals surface area (Å²) >= 11 is 0. The lowest BCUT2D eigenvalue weighted by atomic mass is 10.1. The van der Waals surface area contributed by atoms with Crippen LogP contribution < -0.4 is 4.90 Å². The molecular formula is C26H38N2O4. The van der Waals surface area contributed by atoms with Gasteiger partial charge in [-0.15, -0.1) is 0 Å². The summed E-state index contributed by atoms with van der Waals surface area (Å²) in [6.45, 7) is 7.71. The van der Waals surface area contributed by atoms with E-state index >= 15 is 0 Å². The lowest BCUT2D eigenvalue weighted by Gasteiger charge is -2.27. The third kappa shape index (κ3) is 12.1. The highest BCUT2D eigenvalue weighted by molar-refractivity contribution is 5.93. The number of hydrogen-bond donors (Lipinski definition) is 2. The highest BCUT2D eigenvalue weighted by atomic mass is 16.4. The molecule has 176 valence electrons. The zero-order valence-electron chi connectivity index (χ0n) is 19.7. The summed E-state index contributed by atoms with van der Waals surface area (Å²) in [6, 6.07) is 8.29. The van der Waals surface area contributed by atoms with Crippen molar-refractivity contribution in [1.82, 2.24) is 0 Å². The first kappa shape index (κ1) is 27.1. The third-order valence-electron chi connectivity index (χ3n) is 5.19. The van der Waals surface area contributed by atoms with Crippen LogP contribution in [0.15, 0.2) is 53.2 Å². The molecule has 0 atom stereocenters. The average Bonchev–Trinajstić information content (AvgIpc) is 2.73. The van der Waals surface area contributed by atoms with E-state index in [-0.39, 0.29) is 12.8 Å². The van der Waals surface area contributed by atoms with Crippen molar-refractivity contribution in [2.75, 3.05) is 18.0 Å². The van der Waals surface area contributed by atoms with Crippen LogP contribution in [0.5, 0.6) is 0 Å². The van der Waals surface area contributed by atoms with Gasteiger partial charge in [0.2, 0.25) is 0 Å². The quantitative estimate of drug-likeness (QED) is 0.186. The highest BCUT2D eigenvalue weighted by Crippen LogP contribution is 2.24. The van der Waals surface area contributed by atoms with Crippen LogP contribution in [-0.2, 0) is 9.59 Å². The van der Waals surface area contributed by atoms with E-state index in [1.165, 1.54) is 11.3 Å². The summed E-state index contributed by atoms with van der Waals surface area (Å²) < 4.78 is 0. The molecule has 0 heterocycles. The van der Waals surface area contributed by atoms with E-state index in [1.807, 2.05) is 31.2 Å². The molecule has 0 fully saturated rings. The first-order valence-electron chi connectivity index (χ1n) is 11.4. The number of anilines is 1. The molecule has 0 aliphatic heterocycles. The molecule has 32 heavy (non-hydrogen) atoms. The summed E-state index contributed by atoms with van der Waals surface area (Å²) in [5.41, 5.74) is 4.44. The average molecular weight is 443 g/mol. The number of rotatable bonds is 16. The van der Waals surface area contributed by atoms with Crippen LogP contribution in [0.3, 0.4) is 0 Å². The second-order valence-electron chi connectivity index (χ2n) is 8.04. The number of para-hydroxylation sites is 1. The number of nitrogens with zero attached hydrogens (tertiary/aromatic N) is 2. The van der Waals surface area contributed by atoms with E-state index in [0.29, 0.717) is 19.4 Å². The van der Waals surface area contributed by atoms with Crippen molar-refractivity contribution in [2.45, 2.75) is 72.1 Å². The molecular weight excluding hydrogens is 404 g/mol. The largest absolute Gasteiger partial charge is 0.481 e. The molecule has 6 nitrogen and oxygen atoms in total. The summed E-state index contributed by atoms with van der Waals surface area (Å²) in [5.74, 6) is -1.48. The molecule has 1 aromatic rings. The Morgan fingerprint density at radius 3 is 2.19 bits per heavy atom. The smallest absolute Gasteiger partial charge is 0.303 e. The number of aliphatic carboxylic acids is 2. The van der Waals surface area contributed by atoms with Gasteiger partial charge in [-0.05, 0) is 70.2 Å². The number of unbranched alkanes of at least 4 members (excludes halogenated alkanes) is 4. The van der Waals surface area contributed by atoms with Crippen molar-refractivity contribution in [3.8, 4) is 0 Å². The minimum atomic E-state index is -0.741. The van der Waals surface area contributed by atoms with Crippen LogP contribution in [0.1, 0.15) is 70.8 Å². The van der Waals surface area contributed by atoms with Crippen LogP contribution in [0.4, 0.5) is 5.69 Å². The van der Waals surface area contributed by atoms with Gasteiger partial charge < -0.3 is 15.1 Å². The Kier molecular flexibility index (Phi) is 13.4. The van der Waals surface area contributed by atoms with Gasteiger partial charge in [0.25, 0.3) is 0 Å². The van der Waals surface area contributed by atoms with Crippen molar-refractivity contribution in [1.29, 1.82) is 0 Å². The molecule has 6 heteroatoms. The van der Waals surface area contributed by atoms with Crippen molar-refractivity contribution in [3.63, 3.8) is 0 Å². The van der Waals surface area contributed by atoms with Gasteiger partial charge in [-0.3, -0.25) is 14.6 Å². The lowest BCUT2D eigenvalue weighted by molar-refractivity contribution is -0.138. The lowest BCUT2D eigenvalue weighted by Crippen LogP contribution is -2.23. The number of aliphatic imine (C=N–C) groups is 1. The van der Waals surface area contributed by atoms with Gasteiger partial charge in [-0.2, -0.15) is 0 Å². The number of hydrogen-bond acceptors (Lipinski definition) is 4. The van der Waals surface area contributed by atoms with Crippen molar-refractivity contribution >= 4 is 23.3 Å². The predicted octanol–water partition coefficient (Wildman–Crippen LogP) is 6.01. The molecule has 0 aromatic heterocycles. The Labute approximate surface area is 192 Å². The molecule has 1 rings (SSSR count). The van der Waals surface area contributed by atoms with E-state index < -0.39 is 11.9 Å². The molecule has 1 aromatic carbocycles. The van der Waals surface area contributed by atoms with Crippen molar-refractivity contribution < 1.29 is 19.8 Å². The molecule has 0 amide bonds. The van der Waals surface area contributed by atoms with E-state index in [0.717, 1.165) is 43.6 Å². The molecule has 0 spiro atoms. The van der Waals surface area contributed by atoms with Crippen LogP contribution in [0.2, 0.25) is 0 Å². The monoisotopic (exact) mass is 442 g/mol. The minimum Gasteiger partial charge on any atom is -0.481 e. The number of aryl methyl sites for hydroxylation is 1. The topological polar surface area (TPSA) is 90.2 Å². The molecule has 0 unspecified atom stereocenters. The molecule has 0 bridgehead atoms. The fourth-order valence-corrected chi connectivity index (χ4v) is 3.37. The van der Waals surface area contributed by atoms with E-state index in [1.54, 1.807) is 0 Å². The Morgan fingerprint density at radius 1 is 0.938 bits per heavy atom. The van der Waals surface area contributed by atoms with Gasteiger partial charge >= 0.3 is 11.9 Å². The van der Waals surface area contributed by atoms with Gasteiger partial charge in [0.1, 0.15) is 0 Å². The van der Waals surface area contributed by atoms with E-state index in [9.17, 15) is 9.59 Å². The fourth-order valence-electron chi connectivity index (χ4n) is 3.37. The molecule has 0 saturated carbocycles. The summed E-state index contributed by atoms with van der Waals surface area (Å²) in [5, 5.41) is 17.5. The molecule has 0 aliphatic rings. The van der Waals surface area contributed by atoms with E-state index in [2.05, 4.69) is 41.9 Å². The Bertz CT molecular complexity index is 812. The fraction of sp³-hybridized carbons (Fsp3) is 0.500. The van der Waals surface area contributed by atoms with Gasteiger partial charge in [-0.1, -0.05) is 37.1 Å². The second-order valence-corrected chi connectivity index (χ2v) is 8.04. The summed E-state index contributed by atoms with van der Waals surface area (Å²) in [7, 11) is 0. The number of carbonyl (C=O) groups is 2. The van der Waals surface area contributed by atoms with Gasteiger partial charge in [-0.25, -0.2) is 0 Å². The van der Waals surface area contributed by atoms with Crippen LogP contribution in [0.25, 0.3) is 0 Å². The third-order valence-corrected chi connectivity index (χ3v) is 5.19. The Balaban J connectivity index is 2.67. The number of benzene rings is 1. The van der Waals surface area contributed by atoms with Crippen LogP contribution >= 0.6 is 0 Å². The van der Waals surface area contributed by atoms with Gasteiger partial charge in [0.05, 0.1) is 0 Å². The predicted molar refractivity (Wildman–Crippen MR) is 132 cm³/mol. The maximum Gasteiger partial charge on any atom is 0.303 e. The Hall–Kier alpha value is -2.89. The maximum absolute atomic E-state index is 10.7. The molecule has 0 saturated heterocycles. The van der Waals surface area contributed by atoms with Crippen LogP contribution in [-0.4, -0.2) is 41.0 Å². The zero-order chi connectivity index (χ0) is 23.8. The van der Waals surface area contributed by atoms with E-state index in [4.69, 9.17) is 10.2 Å². The second kappa shape index (κ2) is 15.8. The summed E-state index contributed by atoms with van der Waals surface area (Å²) in [4.78, 5) is 28.1. The summed E-state index contributed by atoms with van der Waals surface area (Å²) in [6.07, 6.45) is 11.5. The molecule has 0 radical (unpaired) electrons. The number of carboxylic acids is 2. The zero-order valence-corrected chi connectivity index (χ0v) is 19.7. The van der Waals surface area contributed by atoms with Gasteiger partial charge in [0, 0.05) is 43.0 Å². The standard InChI is InChI=1S/C26H38N2O4/c1-21-13-8-9-16-24(21)28(20-11-5-7-18-26(31)32)23(3)15-12-14-22(2)27-19-10-4-6-17-25(29)30/h8-9,12-16H,4-7,10-11,17-20H2,1-3H3,(H,29,30)(H,31,32)/b14-12+,23-15+,27-22?. The first-order chi connectivity index (χ1) is 15.3. The number of allylic oxidation sites excluding steroid dienone is 4. The normalized spacial score (nSPS) is 12.3. The van der Waals surface area contributed by atoms with Crippen LogP contribution in [0, 0.1) is 6.92 Å². The first-order valence-corrected chi connectivity index (χ1v) is 11.4. The minimum absolute atomic E-state index is 0.222. The number of carboxylic acid groups (broad SMARTS) is 2.